The van der Waals surface area contributed by atoms with Crippen LogP contribution in [0, 0.1) is 0 Å². The van der Waals surface area contributed by atoms with Crippen molar-refractivity contribution >= 4 is 17.3 Å². The molecule has 1 fully saturated rings. The Morgan fingerprint density at radius 2 is 2.38 bits per heavy atom. The third kappa shape index (κ3) is 3.88. The fourth-order valence-electron chi connectivity index (χ4n) is 1.79. The first-order valence-corrected chi connectivity index (χ1v) is 6.24. The van der Waals surface area contributed by atoms with E-state index < -0.39 is 0 Å². The number of methoxy groups -OCH3 is 1. The maximum atomic E-state index is 5.63. The highest BCUT2D eigenvalue weighted by molar-refractivity contribution is 7.80. The Balaban J connectivity index is 2.43. The van der Waals surface area contributed by atoms with Gasteiger partial charge in [-0.3, -0.25) is 0 Å². The van der Waals surface area contributed by atoms with E-state index in [0.29, 0.717) is 12.6 Å². The second-order valence-electron chi connectivity index (χ2n) is 4.08. The highest BCUT2D eigenvalue weighted by Gasteiger charge is 2.26. The van der Waals surface area contributed by atoms with E-state index in [1.807, 2.05) is 0 Å². The summed E-state index contributed by atoms with van der Waals surface area (Å²) in [5.41, 5.74) is 0. The van der Waals surface area contributed by atoms with Gasteiger partial charge in [0.2, 0.25) is 0 Å². The van der Waals surface area contributed by atoms with Crippen molar-refractivity contribution in [3.63, 3.8) is 0 Å². The average molecular weight is 246 g/mol. The number of ether oxygens (including phenoxy) is 2. The van der Waals surface area contributed by atoms with Gasteiger partial charge < -0.3 is 19.7 Å². The summed E-state index contributed by atoms with van der Waals surface area (Å²) in [7, 11) is 1.69. The van der Waals surface area contributed by atoms with Gasteiger partial charge in [0.1, 0.15) is 0 Å². The Kier molecular flexibility index (Phi) is 6.01. The zero-order valence-corrected chi connectivity index (χ0v) is 11.2. The molecule has 1 rings (SSSR count). The Labute approximate surface area is 103 Å². The van der Waals surface area contributed by atoms with Gasteiger partial charge in [0.25, 0.3) is 0 Å². The van der Waals surface area contributed by atoms with Crippen LogP contribution in [0.25, 0.3) is 0 Å². The van der Waals surface area contributed by atoms with Crippen molar-refractivity contribution in [2.24, 2.45) is 0 Å². The minimum Gasteiger partial charge on any atom is -0.383 e. The molecule has 0 spiro atoms. The first kappa shape index (κ1) is 13.7. The van der Waals surface area contributed by atoms with E-state index >= 15 is 0 Å². The zero-order valence-electron chi connectivity index (χ0n) is 10.4. The lowest BCUT2D eigenvalue weighted by Crippen LogP contribution is -2.54. The molecule has 5 heteroatoms. The zero-order chi connectivity index (χ0) is 12.0. The quantitative estimate of drug-likeness (QED) is 0.591. The van der Waals surface area contributed by atoms with Crippen LogP contribution in [-0.4, -0.2) is 55.6 Å². The summed E-state index contributed by atoms with van der Waals surface area (Å²) in [5.74, 6) is 0. The number of hydrogen-bond acceptors (Lipinski definition) is 3. The molecule has 1 heterocycles. The molecule has 0 amide bonds. The number of nitrogens with zero attached hydrogens (tertiary/aromatic N) is 1. The molecule has 1 aliphatic heterocycles. The molecule has 4 nitrogen and oxygen atoms in total. The third-order valence-electron chi connectivity index (χ3n) is 2.78. The molecule has 1 aliphatic rings. The number of rotatable bonds is 4. The summed E-state index contributed by atoms with van der Waals surface area (Å²) in [6.45, 7) is 7.32. The van der Waals surface area contributed by atoms with Crippen molar-refractivity contribution < 1.29 is 9.47 Å². The maximum Gasteiger partial charge on any atom is 0.169 e. The van der Waals surface area contributed by atoms with Gasteiger partial charge in [-0.1, -0.05) is 6.92 Å². The molecular weight excluding hydrogens is 224 g/mol. The van der Waals surface area contributed by atoms with Crippen LogP contribution in [0.2, 0.25) is 0 Å². The molecule has 0 bridgehead atoms. The van der Waals surface area contributed by atoms with Crippen molar-refractivity contribution in [1.82, 2.24) is 10.2 Å². The van der Waals surface area contributed by atoms with Gasteiger partial charge in [-0.15, -0.1) is 0 Å². The first-order valence-electron chi connectivity index (χ1n) is 5.84. The van der Waals surface area contributed by atoms with Crippen LogP contribution in [0.5, 0.6) is 0 Å². The lowest BCUT2D eigenvalue weighted by Gasteiger charge is -2.40. The van der Waals surface area contributed by atoms with E-state index in [4.69, 9.17) is 21.7 Å². The van der Waals surface area contributed by atoms with Crippen LogP contribution < -0.4 is 5.32 Å². The minimum atomic E-state index is 0.255. The first-order chi connectivity index (χ1) is 7.69. The molecule has 2 atom stereocenters. The largest absolute Gasteiger partial charge is 0.383 e. The molecule has 2 unspecified atom stereocenters. The van der Waals surface area contributed by atoms with E-state index in [0.717, 1.165) is 31.2 Å². The van der Waals surface area contributed by atoms with Gasteiger partial charge in [-0.05, 0) is 25.6 Å². The Bertz CT molecular complexity index is 226. The average Bonchev–Trinajstić information content (AvgIpc) is 2.29. The van der Waals surface area contributed by atoms with E-state index in [-0.39, 0.29) is 6.10 Å². The monoisotopic (exact) mass is 246 g/mol. The van der Waals surface area contributed by atoms with Gasteiger partial charge in [-0.2, -0.15) is 0 Å². The topological polar surface area (TPSA) is 33.7 Å². The highest BCUT2D eigenvalue weighted by Crippen LogP contribution is 2.14. The van der Waals surface area contributed by atoms with Crippen molar-refractivity contribution in [2.75, 3.05) is 33.4 Å². The molecular formula is C11H22N2O2S. The normalized spacial score (nSPS) is 25.6. The van der Waals surface area contributed by atoms with Crippen molar-refractivity contribution in [3.8, 4) is 0 Å². The molecule has 0 aliphatic carbocycles. The summed E-state index contributed by atoms with van der Waals surface area (Å²) in [6.07, 6.45) is 1.31. The summed E-state index contributed by atoms with van der Waals surface area (Å²) >= 11 is 5.39. The van der Waals surface area contributed by atoms with Gasteiger partial charge in [-0.25, -0.2) is 0 Å². The highest BCUT2D eigenvalue weighted by atomic mass is 32.1. The lowest BCUT2D eigenvalue weighted by molar-refractivity contribution is -0.0287. The number of thiocarbonyl (C=S) groups is 1. The SMILES string of the molecule is CCC1COC(C)CN1C(=S)NCCOC. The van der Waals surface area contributed by atoms with Crippen molar-refractivity contribution in [2.45, 2.75) is 32.4 Å². The lowest BCUT2D eigenvalue weighted by atomic mass is 10.1. The molecule has 1 N–H and O–H groups in total. The Hall–Kier alpha value is -0.390. The maximum absolute atomic E-state index is 5.63. The number of morpholine rings is 1. The Morgan fingerprint density at radius 1 is 1.62 bits per heavy atom. The van der Waals surface area contributed by atoms with Crippen LogP contribution >= 0.6 is 12.2 Å². The molecule has 0 aromatic carbocycles. The number of hydrogen-bond donors (Lipinski definition) is 1. The summed E-state index contributed by atoms with van der Waals surface area (Å²) in [5, 5.41) is 4.03. The van der Waals surface area contributed by atoms with Crippen molar-refractivity contribution in [3.05, 3.63) is 0 Å². The van der Waals surface area contributed by atoms with Crippen LogP contribution in [0.4, 0.5) is 0 Å². The van der Waals surface area contributed by atoms with Crippen LogP contribution in [0.3, 0.4) is 0 Å². The second-order valence-corrected chi connectivity index (χ2v) is 4.47. The summed E-state index contributed by atoms with van der Waals surface area (Å²) < 4.78 is 10.6. The summed E-state index contributed by atoms with van der Waals surface area (Å²) in [6, 6.07) is 0.402. The predicted molar refractivity (Wildman–Crippen MR) is 68.7 cm³/mol. The van der Waals surface area contributed by atoms with Gasteiger partial charge in [0, 0.05) is 20.2 Å². The molecule has 16 heavy (non-hydrogen) atoms. The molecule has 0 saturated carbocycles. The van der Waals surface area contributed by atoms with Crippen LogP contribution in [0.1, 0.15) is 20.3 Å². The van der Waals surface area contributed by atoms with Crippen LogP contribution in [0.15, 0.2) is 0 Å². The smallest absolute Gasteiger partial charge is 0.169 e. The van der Waals surface area contributed by atoms with Crippen LogP contribution in [-0.2, 0) is 9.47 Å². The summed E-state index contributed by atoms with van der Waals surface area (Å²) in [4.78, 5) is 2.24. The van der Waals surface area contributed by atoms with Crippen molar-refractivity contribution in [1.29, 1.82) is 0 Å². The fourth-order valence-corrected chi connectivity index (χ4v) is 2.12. The van der Waals surface area contributed by atoms with E-state index in [1.165, 1.54) is 0 Å². The molecule has 0 aromatic rings. The van der Waals surface area contributed by atoms with E-state index in [9.17, 15) is 0 Å². The standard InChI is InChI=1S/C11H22N2O2S/c1-4-10-8-15-9(2)7-13(10)11(16)12-5-6-14-3/h9-10H,4-8H2,1-3H3,(H,12,16). The predicted octanol–water partition coefficient (Wildman–Crippen LogP) is 1.01. The molecule has 0 aromatic heterocycles. The second kappa shape index (κ2) is 7.04. The number of nitrogens with one attached hydrogen (secondary N) is 1. The van der Waals surface area contributed by atoms with E-state index in [1.54, 1.807) is 7.11 Å². The van der Waals surface area contributed by atoms with Gasteiger partial charge in [0.05, 0.1) is 25.4 Å². The van der Waals surface area contributed by atoms with E-state index in [2.05, 4.69) is 24.1 Å². The fraction of sp³-hybridized carbons (Fsp3) is 0.909. The molecule has 0 radical (unpaired) electrons. The molecule has 1 saturated heterocycles. The minimum absolute atomic E-state index is 0.255. The third-order valence-corrected chi connectivity index (χ3v) is 3.16. The Morgan fingerprint density at radius 3 is 3.00 bits per heavy atom. The molecule has 94 valence electrons. The van der Waals surface area contributed by atoms with Gasteiger partial charge in [0.15, 0.2) is 5.11 Å². The van der Waals surface area contributed by atoms with Gasteiger partial charge >= 0.3 is 0 Å².